The van der Waals surface area contributed by atoms with Gasteiger partial charge in [-0.15, -0.1) is 11.6 Å². The van der Waals surface area contributed by atoms with Crippen LogP contribution in [0, 0.1) is 5.92 Å². The third kappa shape index (κ3) is 3.35. The molecule has 18 heavy (non-hydrogen) atoms. The number of halogens is 1. The highest BCUT2D eigenvalue weighted by Crippen LogP contribution is 2.30. The second-order valence-corrected chi connectivity index (χ2v) is 7.18. The maximum atomic E-state index is 6.05. The molecular weight excluding hydrogens is 266 g/mol. The summed E-state index contributed by atoms with van der Waals surface area (Å²) in [5.41, 5.74) is 0.0227. The van der Waals surface area contributed by atoms with Crippen LogP contribution in [-0.2, 0) is 5.41 Å². The molecule has 102 valence electrons. The topological polar surface area (TPSA) is 37.8 Å². The molecule has 0 radical (unpaired) electrons. The van der Waals surface area contributed by atoms with Crippen LogP contribution in [0.5, 0.6) is 0 Å². The minimum absolute atomic E-state index is 0.0227. The first-order valence-corrected chi connectivity index (χ1v) is 7.98. The van der Waals surface area contributed by atoms with Gasteiger partial charge in [0.2, 0.25) is 5.13 Å². The van der Waals surface area contributed by atoms with E-state index in [0.29, 0.717) is 12.0 Å². The summed E-state index contributed by atoms with van der Waals surface area (Å²) in [7, 11) is 0. The fourth-order valence-corrected chi connectivity index (χ4v) is 3.52. The number of nitrogens with one attached hydrogen (secondary N) is 1. The van der Waals surface area contributed by atoms with Gasteiger partial charge in [0.25, 0.3) is 0 Å². The first-order chi connectivity index (χ1) is 8.50. The standard InChI is InChI=1S/C13H22ClN3S/c1-13(2,3)11-16-12(18-17-11)15-10-7-5-4-6-9(10)8-14/h9-10H,4-8H2,1-3H3,(H,15,16,17). The first kappa shape index (κ1) is 14.1. The molecule has 0 amide bonds. The molecule has 1 N–H and O–H groups in total. The average Bonchev–Trinajstić information content (AvgIpc) is 2.78. The van der Waals surface area contributed by atoms with Gasteiger partial charge in [-0.1, -0.05) is 33.6 Å². The van der Waals surface area contributed by atoms with E-state index in [4.69, 9.17) is 11.6 Å². The third-order valence-electron chi connectivity index (χ3n) is 3.51. The van der Waals surface area contributed by atoms with Gasteiger partial charge in [0.15, 0.2) is 0 Å². The minimum atomic E-state index is 0.0227. The summed E-state index contributed by atoms with van der Waals surface area (Å²) >= 11 is 7.51. The van der Waals surface area contributed by atoms with Crippen molar-refractivity contribution in [1.82, 2.24) is 9.36 Å². The quantitative estimate of drug-likeness (QED) is 0.853. The maximum Gasteiger partial charge on any atom is 0.202 e. The van der Waals surface area contributed by atoms with Crippen LogP contribution in [0.15, 0.2) is 0 Å². The highest BCUT2D eigenvalue weighted by molar-refractivity contribution is 7.09. The molecule has 1 aliphatic rings. The number of rotatable bonds is 3. The highest BCUT2D eigenvalue weighted by atomic mass is 35.5. The van der Waals surface area contributed by atoms with Crippen LogP contribution in [0.4, 0.5) is 5.13 Å². The number of aromatic nitrogens is 2. The van der Waals surface area contributed by atoms with E-state index >= 15 is 0 Å². The van der Waals surface area contributed by atoms with E-state index in [9.17, 15) is 0 Å². The predicted molar refractivity (Wildman–Crippen MR) is 78.7 cm³/mol. The molecule has 2 atom stereocenters. The van der Waals surface area contributed by atoms with Crippen LogP contribution < -0.4 is 5.32 Å². The van der Waals surface area contributed by atoms with Gasteiger partial charge in [-0.2, -0.15) is 4.37 Å². The summed E-state index contributed by atoms with van der Waals surface area (Å²) in [6.07, 6.45) is 5.02. The van der Waals surface area contributed by atoms with Gasteiger partial charge in [0.1, 0.15) is 5.82 Å². The Kier molecular flexibility index (Phi) is 4.49. The second kappa shape index (κ2) is 5.74. The SMILES string of the molecule is CC(C)(C)c1nsc(NC2CCCCC2CCl)n1. The Morgan fingerprint density at radius 2 is 2.06 bits per heavy atom. The first-order valence-electron chi connectivity index (χ1n) is 6.67. The van der Waals surface area contributed by atoms with E-state index < -0.39 is 0 Å². The van der Waals surface area contributed by atoms with Gasteiger partial charge in [-0.25, -0.2) is 4.98 Å². The lowest BCUT2D eigenvalue weighted by atomic mass is 9.86. The molecule has 2 rings (SSSR count). The Morgan fingerprint density at radius 1 is 1.33 bits per heavy atom. The van der Waals surface area contributed by atoms with Crippen molar-refractivity contribution in [3.05, 3.63) is 5.82 Å². The summed E-state index contributed by atoms with van der Waals surface area (Å²) in [5, 5.41) is 4.48. The lowest BCUT2D eigenvalue weighted by Gasteiger charge is -2.30. The molecule has 1 aliphatic carbocycles. The van der Waals surface area contributed by atoms with Gasteiger partial charge in [-0.05, 0) is 18.8 Å². The predicted octanol–water partition coefficient (Wildman–Crippen LogP) is 4.05. The van der Waals surface area contributed by atoms with Crippen molar-refractivity contribution in [2.75, 3.05) is 11.2 Å². The number of hydrogen-bond acceptors (Lipinski definition) is 4. The van der Waals surface area contributed by atoms with Crippen LogP contribution in [0.25, 0.3) is 0 Å². The largest absolute Gasteiger partial charge is 0.357 e. The molecule has 1 saturated carbocycles. The van der Waals surface area contributed by atoms with E-state index in [1.807, 2.05) is 0 Å². The van der Waals surface area contributed by atoms with Crippen LogP contribution in [-0.4, -0.2) is 21.3 Å². The van der Waals surface area contributed by atoms with Gasteiger partial charge in [-0.3, -0.25) is 0 Å². The molecule has 0 aromatic carbocycles. The molecule has 0 aliphatic heterocycles. The molecule has 0 saturated heterocycles. The summed E-state index contributed by atoms with van der Waals surface area (Å²) in [5.74, 6) is 2.23. The van der Waals surface area contributed by atoms with Crippen molar-refractivity contribution in [1.29, 1.82) is 0 Å². The normalized spacial score (nSPS) is 25.1. The molecule has 1 aromatic heterocycles. The Hall–Kier alpha value is -0.350. The summed E-state index contributed by atoms with van der Waals surface area (Å²) < 4.78 is 4.44. The van der Waals surface area contributed by atoms with Crippen LogP contribution in [0.3, 0.4) is 0 Å². The van der Waals surface area contributed by atoms with Gasteiger partial charge < -0.3 is 5.32 Å². The molecule has 0 spiro atoms. The van der Waals surface area contributed by atoms with Crippen molar-refractivity contribution in [2.45, 2.75) is 57.9 Å². The Labute approximate surface area is 119 Å². The Morgan fingerprint density at radius 3 is 2.67 bits per heavy atom. The van der Waals surface area contributed by atoms with Gasteiger partial charge in [0.05, 0.1) is 0 Å². The van der Waals surface area contributed by atoms with Crippen molar-refractivity contribution >= 4 is 28.3 Å². The molecule has 1 heterocycles. The zero-order chi connectivity index (χ0) is 13.2. The summed E-state index contributed by atoms with van der Waals surface area (Å²) in [6, 6.07) is 0.469. The number of anilines is 1. The van der Waals surface area contributed by atoms with Crippen molar-refractivity contribution in [2.24, 2.45) is 5.92 Å². The second-order valence-electron chi connectivity index (χ2n) is 6.12. The fourth-order valence-electron chi connectivity index (χ4n) is 2.33. The van der Waals surface area contributed by atoms with E-state index in [0.717, 1.165) is 16.8 Å². The molecule has 0 bridgehead atoms. The smallest absolute Gasteiger partial charge is 0.202 e. The van der Waals surface area contributed by atoms with E-state index in [1.165, 1.54) is 37.2 Å². The van der Waals surface area contributed by atoms with Crippen LogP contribution in [0.1, 0.15) is 52.3 Å². The van der Waals surface area contributed by atoms with E-state index in [2.05, 4.69) is 35.4 Å². The number of hydrogen-bond donors (Lipinski definition) is 1. The maximum absolute atomic E-state index is 6.05. The Bertz CT molecular complexity index is 386. The monoisotopic (exact) mass is 287 g/mol. The molecule has 1 aromatic rings. The van der Waals surface area contributed by atoms with Crippen molar-refractivity contribution in [3.8, 4) is 0 Å². The molecule has 5 heteroatoms. The van der Waals surface area contributed by atoms with Crippen LogP contribution in [0.2, 0.25) is 0 Å². The highest BCUT2D eigenvalue weighted by Gasteiger charge is 2.26. The summed E-state index contributed by atoms with van der Waals surface area (Å²) in [6.45, 7) is 6.42. The lowest BCUT2D eigenvalue weighted by molar-refractivity contribution is 0.353. The fraction of sp³-hybridized carbons (Fsp3) is 0.846. The zero-order valence-corrected chi connectivity index (χ0v) is 12.9. The molecule has 2 unspecified atom stereocenters. The average molecular weight is 288 g/mol. The minimum Gasteiger partial charge on any atom is -0.357 e. The molecular formula is C13H22ClN3S. The van der Waals surface area contributed by atoms with Gasteiger partial charge in [0, 0.05) is 28.9 Å². The van der Waals surface area contributed by atoms with Crippen LogP contribution >= 0.6 is 23.1 Å². The Balaban J connectivity index is 2.02. The number of nitrogens with zero attached hydrogens (tertiary/aromatic N) is 2. The van der Waals surface area contributed by atoms with Crippen molar-refractivity contribution in [3.63, 3.8) is 0 Å². The zero-order valence-electron chi connectivity index (χ0n) is 11.4. The van der Waals surface area contributed by atoms with Gasteiger partial charge >= 0.3 is 0 Å². The van der Waals surface area contributed by atoms with E-state index in [-0.39, 0.29) is 5.41 Å². The summed E-state index contributed by atoms with van der Waals surface area (Å²) in [4.78, 5) is 4.60. The third-order valence-corrected chi connectivity index (χ3v) is 4.56. The molecule has 1 fully saturated rings. The number of alkyl halides is 1. The lowest BCUT2D eigenvalue weighted by Crippen LogP contribution is -2.33. The molecule has 3 nitrogen and oxygen atoms in total. The van der Waals surface area contributed by atoms with E-state index in [1.54, 1.807) is 0 Å². The van der Waals surface area contributed by atoms with Crippen molar-refractivity contribution < 1.29 is 0 Å².